The van der Waals surface area contributed by atoms with Gasteiger partial charge in [-0.15, -0.1) is 23.2 Å². The van der Waals surface area contributed by atoms with Gasteiger partial charge in [-0.2, -0.15) is 0 Å². The van der Waals surface area contributed by atoms with Crippen molar-refractivity contribution in [3.05, 3.63) is 60.2 Å². The van der Waals surface area contributed by atoms with Crippen LogP contribution in [-0.2, 0) is 44.9 Å². The minimum absolute atomic E-state index is 0. The molecular weight excluding hydrogens is 522 g/mol. The third kappa shape index (κ3) is 16.1. The van der Waals surface area contributed by atoms with Crippen LogP contribution in [0.25, 0.3) is 0 Å². The van der Waals surface area contributed by atoms with Crippen molar-refractivity contribution in [2.45, 2.75) is 25.9 Å². The van der Waals surface area contributed by atoms with E-state index in [9.17, 15) is 0 Å². The molecule has 2 aromatic heterocycles. The minimum atomic E-state index is 0. The molecule has 0 bridgehead atoms. The summed E-state index contributed by atoms with van der Waals surface area (Å²) in [7, 11) is 0. The number of nitrogens with zero attached hydrogens (tertiary/aromatic N) is 2. The van der Waals surface area contributed by atoms with Gasteiger partial charge in [-0.3, -0.25) is 0 Å². The fraction of sp³-hybridized carbons (Fsp3) is 0.583. The first-order chi connectivity index (χ1) is 15.8. The molecular formula is C24H36Cl4N2O4. The molecule has 0 N–H and O–H groups in total. The van der Waals surface area contributed by atoms with Gasteiger partial charge in [0.15, 0.2) is 37.9 Å². The van der Waals surface area contributed by atoms with Crippen LogP contribution in [-0.4, -0.2) is 64.6 Å². The molecule has 0 radical (unpaired) electrons. The number of aryl methyl sites for hydroxylation is 2. The molecule has 34 heavy (non-hydrogen) atoms. The largest absolute Gasteiger partial charge is 1.00 e. The molecule has 0 atom stereocenters. The maximum atomic E-state index is 5.57. The predicted octanol–water partition coefficient (Wildman–Crippen LogP) is -3.40. The van der Waals surface area contributed by atoms with Crippen LogP contribution in [0.3, 0.4) is 0 Å². The van der Waals surface area contributed by atoms with E-state index >= 15 is 0 Å². The van der Waals surface area contributed by atoms with Gasteiger partial charge < -0.3 is 43.8 Å². The average Bonchev–Trinajstić information content (AvgIpc) is 2.83. The second kappa shape index (κ2) is 22.7. The first-order valence-electron chi connectivity index (χ1n) is 11.2. The molecule has 0 aliphatic carbocycles. The Kier molecular flexibility index (Phi) is 22.3. The first kappa shape index (κ1) is 33.3. The smallest absolute Gasteiger partial charge is 0.171 e. The topological polar surface area (TPSA) is 44.7 Å². The van der Waals surface area contributed by atoms with Crippen LogP contribution >= 0.6 is 23.2 Å². The lowest BCUT2D eigenvalue weighted by atomic mass is 10.1. The van der Waals surface area contributed by atoms with E-state index in [1.54, 1.807) is 0 Å². The second-order valence-electron chi connectivity index (χ2n) is 7.22. The summed E-state index contributed by atoms with van der Waals surface area (Å²) in [6, 6.07) is 8.73. The summed E-state index contributed by atoms with van der Waals surface area (Å²) in [4.78, 5) is 0. The number of rotatable bonds is 19. The Labute approximate surface area is 226 Å². The van der Waals surface area contributed by atoms with E-state index in [1.165, 1.54) is 11.1 Å². The van der Waals surface area contributed by atoms with Crippen molar-refractivity contribution in [2.24, 2.45) is 0 Å². The van der Waals surface area contributed by atoms with E-state index in [1.807, 2.05) is 0 Å². The van der Waals surface area contributed by atoms with Crippen LogP contribution < -0.4 is 33.9 Å². The van der Waals surface area contributed by atoms with E-state index in [0.717, 1.165) is 25.9 Å². The number of pyridine rings is 2. The predicted molar refractivity (Wildman–Crippen MR) is 125 cm³/mol. The Bertz CT molecular complexity index is 648. The average molecular weight is 558 g/mol. The van der Waals surface area contributed by atoms with Crippen molar-refractivity contribution in [2.75, 3.05) is 64.6 Å². The molecule has 2 heterocycles. The summed E-state index contributed by atoms with van der Waals surface area (Å²) >= 11 is 11.1. The zero-order valence-corrected chi connectivity index (χ0v) is 22.6. The normalized spacial score (nSPS) is 10.5. The molecule has 2 aromatic rings. The van der Waals surface area contributed by atoms with Gasteiger partial charge in [0.05, 0.1) is 39.6 Å². The molecule has 0 aromatic carbocycles. The third-order valence-corrected chi connectivity index (χ3v) is 5.11. The standard InChI is InChI=1S/C24H36Cl2N2O4.2ClH/c25-7-15-29-19-21-31-17-13-27-9-3-23(4-10-27)1-2-24-5-11-28(12-6-24)14-18-32-22-20-30-16-8-26;;/h3-6,9-12H,1-2,7-8,13-22H2;2*1H/q+2;;/p-2. The van der Waals surface area contributed by atoms with Crippen molar-refractivity contribution in [1.82, 2.24) is 0 Å². The Balaban J connectivity index is 0.00000544. The third-order valence-electron chi connectivity index (χ3n) is 4.80. The summed E-state index contributed by atoms with van der Waals surface area (Å²) in [5, 5.41) is 0. The Morgan fingerprint density at radius 2 is 0.824 bits per heavy atom. The molecule has 0 fully saturated rings. The molecule has 0 aliphatic heterocycles. The molecule has 0 unspecified atom stereocenters. The molecule has 2 rings (SSSR count). The number of ether oxygens (including phenoxy) is 4. The minimum Gasteiger partial charge on any atom is -1.00 e. The lowest BCUT2D eigenvalue weighted by molar-refractivity contribution is -0.698. The molecule has 6 nitrogen and oxygen atoms in total. The van der Waals surface area contributed by atoms with Gasteiger partial charge in [0.1, 0.15) is 13.2 Å². The second-order valence-corrected chi connectivity index (χ2v) is 7.97. The van der Waals surface area contributed by atoms with Crippen molar-refractivity contribution >= 4 is 23.2 Å². The highest BCUT2D eigenvalue weighted by Gasteiger charge is 2.04. The number of aromatic nitrogens is 2. The Hall–Kier alpha value is -0.700. The molecule has 0 aliphatic rings. The quantitative estimate of drug-likeness (QED) is 0.103. The number of hydrogen-bond donors (Lipinski definition) is 0. The monoisotopic (exact) mass is 556 g/mol. The van der Waals surface area contributed by atoms with Gasteiger partial charge in [0.25, 0.3) is 0 Å². The van der Waals surface area contributed by atoms with E-state index < -0.39 is 0 Å². The first-order valence-corrected chi connectivity index (χ1v) is 12.3. The van der Waals surface area contributed by atoms with Crippen LogP contribution in [0.2, 0.25) is 0 Å². The van der Waals surface area contributed by atoms with Gasteiger partial charge in [0, 0.05) is 36.0 Å². The van der Waals surface area contributed by atoms with Crippen LogP contribution in [0, 0.1) is 0 Å². The summed E-state index contributed by atoms with van der Waals surface area (Å²) in [6.07, 6.45) is 10.5. The lowest BCUT2D eigenvalue weighted by Gasteiger charge is -2.04. The highest BCUT2D eigenvalue weighted by atomic mass is 35.5. The van der Waals surface area contributed by atoms with E-state index in [-0.39, 0.29) is 24.8 Å². The summed E-state index contributed by atoms with van der Waals surface area (Å²) in [5.74, 6) is 1.05. The van der Waals surface area contributed by atoms with Crippen molar-refractivity contribution in [3.63, 3.8) is 0 Å². The van der Waals surface area contributed by atoms with Crippen LogP contribution in [0.15, 0.2) is 49.1 Å². The van der Waals surface area contributed by atoms with Crippen LogP contribution in [0.5, 0.6) is 0 Å². The molecule has 10 heteroatoms. The van der Waals surface area contributed by atoms with Crippen LogP contribution in [0.4, 0.5) is 0 Å². The van der Waals surface area contributed by atoms with Gasteiger partial charge in [-0.1, -0.05) is 0 Å². The molecule has 0 saturated heterocycles. The number of alkyl halides is 2. The fourth-order valence-electron chi connectivity index (χ4n) is 2.99. The zero-order chi connectivity index (χ0) is 22.7. The van der Waals surface area contributed by atoms with Crippen molar-refractivity contribution in [1.29, 1.82) is 0 Å². The highest BCUT2D eigenvalue weighted by molar-refractivity contribution is 6.18. The summed E-state index contributed by atoms with van der Waals surface area (Å²) in [6.45, 7) is 6.54. The maximum absolute atomic E-state index is 5.57. The SMILES string of the molecule is ClCCOCCOCC[n+]1ccc(CCc2cc[n+](CCOCCOCCCl)cc2)cc1.[Cl-].[Cl-]. The molecule has 0 spiro atoms. The Morgan fingerprint density at radius 3 is 1.15 bits per heavy atom. The summed E-state index contributed by atoms with van der Waals surface area (Å²) in [5.41, 5.74) is 2.66. The van der Waals surface area contributed by atoms with Crippen molar-refractivity contribution in [3.8, 4) is 0 Å². The number of halogens is 4. The van der Waals surface area contributed by atoms with E-state index in [4.69, 9.17) is 42.1 Å². The van der Waals surface area contributed by atoms with Gasteiger partial charge >= 0.3 is 0 Å². The molecule has 0 saturated carbocycles. The van der Waals surface area contributed by atoms with E-state index in [2.05, 4.69) is 58.2 Å². The van der Waals surface area contributed by atoms with E-state index in [0.29, 0.717) is 64.6 Å². The van der Waals surface area contributed by atoms with Gasteiger partial charge in [0.2, 0.25) is 0 Å². The zero-order valence-electron chi connectivity index (χ0n) is 19.6. The summed E-state index contributed by atoms with van der Waals surface area (Å²) < 4.78 is 26.0. The molecule has 0 amide bonds. The molecule has 194 valence electrons. The maximum Gasteiger partial charge on any atom is 0.171 e. The highest BCUT2D eigenvalue weighted by Crippen LogP contribution is 2.04. The fourth-order valence-corrected chi connectivity index (χ4v) is 3.21. The van der Waals surface area contributed by atoms with Gasteiger partial charge in [-0.05, 0) is 24.0 Å². The lowest BCUT2D eigenvalue weighted by Crippen LogP contribution is -3.00. The van der Waals surface area contributed by atoms with Crippen LogP contribution in [0.1, 0.15) is 11.1 Å². The number of hydrogen-bond acceptors (Lipinski definition) is 4. The van der Waals surface area contributed by atoms with Crippen molar-refractivity contribution < 1.29 is 52.9 Å². The Morgan fingerprint density at radius 1 is 0.500 bits per heavy atom. The van der Waals surface area contributed by atoms with Gasteiger partial charge in [-0.25, -0.2) is 9.13 Å².